The molecule has 26 heavy (non-hydrogen) atoms. The van der Waals surface area contributed by atoms with Crippen LogP contribution in [-0.2, 0) is 0 Å². The summed E-state index contributed by atoms with van der Waals surface area (Å²) in [7, 11) is 3.19. The topological polar surface area (TPSA) is 76.4 Å². The third-order valence-corrected chi connectivity index (χ3v) is 3.94. The molecule has 6 nitrogen and oxygen atoms in total. The Bertz CT molecular complexity index is 980. The molecule has 0 aliphatic heterocycles. The quantitative estimate of drug-likeness (QED) is 0.716. The first-order valence-electron chi connectivity index (χ1n) is 8.14. The van der Waals surface area contributed by atoms with Crippen LogP contribution in [0.15, 0.2) is 42.6 Å². The van der Waals surface area contributed by atoms with E-state index in [4.69, 9.17) is 14.2 Å². The van der Waals surface area contributed by atoms with Crippen LogP contribution in [0.5, 0.6) is 17.2 Å². The maximum Gasteiger partial charge on any atom is 0.142 e. The number of hydrogen-bond acceptors (Lipinski definition) is 6. The van der Waals surface area contributed by atoms with Gasteiger partial charge in [0.05, 0.1) is 43.3 Å². The van der Waals surface area contributed by atoms with Crippen LogP contribution < -0.4 is 19.5 Å². The Hall–Kier alpha value is -3.46. The lowest BCUT2D eigenvalue weighted by Gasteiger charge is -2.16. The first-order chi connectivity index (χ1) is 12.7. The summed E-state index contributed by atoms with van der Waals surface area (Å²) in [5, 5.41) is 13.6. The molecule has 1 N–H and O–H groups in total. The molecule has 3 rings (SSSR count). The summed E-state index contributed by atoms with van der Waals surface area (Å²) in [5.41, 5.74) is 2.52. The van der Waals surface area contributed by atoms with Gasteiger partial charge >= 0.3 is 0 Å². The van der Waals surface area contributed by atoms with Crippen molar-refractivity contribution in [3.8, 4) is 23.3 Å². The summed E-state index contributed by atoms with van der Waals surface area (Å²) < 4.78 is 16.3. The smallest absolute Gasteiger partial charge is 0.142 e. The van der Waals surface area contributed by atoms with Crippen molar-refractivity contribution in [3.63, 3.8) is 0 Å². The summed E-state index contributed by atoms with van der Waals surface area (Å²) in [6, 6.07) is 13.2. The first kappa shape index (κ1) is 17.4. The average Bonchev–Trinajstić information content (AvgIpc) is 2.68. The molecule has 2 aromatic carbocycles. The second-order valence-electron chi connectivity index (χ2n) is 5.46. The zero-order valence-electron chi connectivity index (χ0n) is 14.9. The molecule has 1 heterocycles. The van der Waals surface area contributed by atoms with Crippen LogP contribution in [0.25, 0.3) is 10.9 Å². The Morgan fingerprint density at radius 1 is 1.08 bits per heavy atom. The third-order valence-electron chi connectivity index (χ3n) is 3.94. The van der Waals surface area contributed by atoms with Gasteiger partial charge < -0.3 is 19.5 Å². The number of nitrogens with zero attached hydrogens (tertiary/aromatic N) is 2. The highest BCUT2D eigenvalue weighted by atomic mass is 16.5. The predicted molar refractivity (Wildman–Crippen MR) is 100 cm³/mol. The molecule has 6 heteroatoms. The maximum atomic E-state index is 9.54. The van der Waals surface area contributed by atoms with E-state index in [1.807, 2.05) is 43.3 Å². The zero-order chi connectivity index (χ0) is 18.5. The van der Waals surface area contributed by atoms with Crippen molar-refractivity contribution in [2.75, 3.05) is 26.1 Å². The van der Waals surface area contributed by atoms with E-state index >= 15 is 0 Å². The fraction of sp³-hybridized carbons (Fsp3) is 0.200. The van der Waals surface area contributed by atoms with Crippen molar-refractivity contribution in [3.05, 3.63) is 48.2 Å². The molecule has 0 fully saturated rings. The van der Waals surface area contributed by atoms with E-state index in [9.17, 15) is 5.26 Å². The molecule has 3 aromatic rings. The zero-order valence-corrected chi connectivity index (χ0v) is 14.9. The van der Waals surface area contributed by atoms with Gasteiger partial charge in [-0.05, 0) is 37.3 Å². The number of benzene rings is 2. The molecule has 0 aliphatic carbocycles. The molecule has 0 atom stereocenters. The molecule has 132 valence electrons. The van der Waals surface area contributed by atoms with Crippen molar-refractivity contribution in [2.24, 2.45) is 0 Å². The van der Waals surface area contributed by atoms with Gasteiger partial charge in [-0.2, -0.15) is 5.26 Å². The minimum atomic E-state index is 0.427. The van der Waals surface area contributed by atoms with Gasteiger partial charge in [-0.15, -0.1) is 0 Å². The van der Waals surface area contributed by atoms with Crippen molar-refractivity contribution in [1.82, 2.24) is 4.98 Å². The van der Waals surface area contributed by atoms with Gasteiger partial charge in [0.15, 0.2) is 0 Å². The van der Waals surface area contributed by atoms with Gasteiger partial charge in [0.2, 0.25) is 0 Å². The minimum Gasteiger partial charge on any atom is -0.497 e. The summed E-state index contributed by atoms with van der Waals surface area (Å²) in [6.07, 6.45) is 1.55. The number of methoxy groups -OCH3 is 2. The van der Waals surface area contributed by atoms with E-state index in [0.29, 0.717) is 35.0 Å². The summed E-state index contributed by atoms with van der Waals surface area (Å²) in [4.78, 5) is 4.36. The van der Waals surface area contributed by atoms with Crippen molar-refractivity contribution in [2.45, 2.75) is 6.92 Å². The van der Waals surface area contributed by atoms with Gasteiger partial charge in [-0.3, -0.25) is 4.98 Å². The fourth-order valence-corrected chi connectivity index (χ4v) is 2.69. The molecule has 0 saturated carbocycles. The van der Waals surface area contributed by atoms with E-state index in [1.165, 1.54) is 0 Å². The minimum absolute atomic E-state index is 0.427. The van der Waals surface area contributed by atoms with E-state index in [-0.39, 0.29) is 0 Å². The average molecular weight is 349 g/mol. The number of pyridine rings is 1. The van der Waals surface area contributed by atoms with Crippen molar-refractivity contribution in [1.29, 1.82) is 5.26 Å². The monoisotopic (exact) mass is 349 g/mol. The Morgan fingerprint density at radius 2 is 1.88 bits per heavy atom. The van der Waals surface area contributed by atoms with Crippen molar-refractivity contribution < 1.29 is 14.2 Å². The summed E-state index contributed by atoms with van der Waals surface area (Å²) in [6.45, 7) is 2.48. The molecular weight excluding hydrogens is 330 g/mol. The molecular formula is C20H19N3O3. The lowest BCUT2D eigenvalue weighted by molar-refractivity contribution is 0.340. The Balaban J connectivity index is 2.17. The highest BCUT2D eigenvalue weighted by Crippen LogP contribution is 2.36. The van der Waals surface area contributed by atoms with Gasteiger partial charge in [0.1, 0.15) is 23.3 Å². The summed E-state index contributed by atoms with van der Waals surface area (Å²) >= 11 is 0. The highest BCUT2D eigenvalue weighted by molar-refractivity contribution is 5.97. The standard InChI is InChI=1S/C20H19N3O3/c1-4-26-15-5-7-17-16(9-15)20(13(11-21)12-22-17)23-18-10-14(24-2)6-8-19(18)25-3/h5-10,12H,4H2,1-3H3,(H,22,23). The van der Waals surface area contributed by atoms with Crippen LogP contribution in [0.3, 0.4) is 0 Å². The number of rotatable bonds is 6. The van der Waals surface area contributed by atoms with E-state index < -0.39 is 0 Å². The van der Waals surface area contributed by atoms with E-state index in [2.05, 4.69) is 16.4 Å². The first-order valence-corrected chi connectivity index (χ1v) is 8.14. The highest BCUT2D eigenvalue weighted by Gasteiger charge is 2.13. The second-order valence-corrected chi connectivity index (χ2v) is 5.46. The maximum absolute atomic E-state index is 9.54. The number of hydrogen-bond donors (Lipinski definition) is 1. The van der Waals surface area contributed by atoms with Crippen LogP contribution in [0.2, 0.25) is 0 Å². The van der Waals surface area contributed by atoms with Crippen LogP contribution in [0.4, 0.5) is 11.4 Å². The number of aromatic nitrogens is 1. The number of nitriles is 1. The molecule has 1 aromatic heterocycles. The number of anilines is 2. The Labute approximate surface area is 151 Å². The molecule has 0 amide bonds. The van der Waals surface area contributed by atoms with Crippen molar-refractivity contribution >= 4 is 22.3 Å². The van der Waals surface area contributed by atoms with Gasteiger partial charge in [0, 0.05) is 17.6 Å². The largest absolute Gasteiger partial charge is 0.497 e. The van der Waals surface area contributed by atoms with Crippen LogP contribution in [0, 0.1) is 11.3 Å². The molecule has 0 unspecified atom stereocenters. The molecule has 0 saturated heterocycles. The van der Waals surface area contributed by atoms with E-state index in [1.54, 1.807) is 20.4 Å². The number of ether oxygens (including phenoxy) is 3. The van der Waals surface area contributed by atoms with Crippen LogP contribution in [-0.4, -0.2) is 25.8 Å². The molecule has 0 spiro atoms. The second kappa shape index (κ2) is 7.62. The number of fused-ring (bicyclic) bond motifs is 1. The van der Waals surface area contributed by atoms with Crippen LogP contribution in [0.1, 0.15) is 12.5 Å². The SMILES string of the molecule is CCOc1ccc2ncc(C#N)c(Nc3cc(OC)ccc3OC)c2c1. The summed E-state index contributed by atoms with van der Waals surface area (Å²) in [5.74, 6) is 2.04. The van der Waals surface area contributed by atoms with Gasteiger partial charge in [-0.1, -0.05) is 0 Å². The molecule has 0 aliphatic rings. The Morgan fingerprint density at radius 3 is 2.58 bits per heavy atom. The van der Waals surface area contributed by atoms with Crippen LogP contribution >= 0.6 is 0 Å². The van der Waals surface area contributed by atoms with Gasteiger partial charge in [0.25, 0.3) is 0 Å². The van der Waals surface area contributed by atoms with Gasteiger partial charge in [-0.25, -0.2) is 0 Å². The predicted octanol–water partition coefficient (Wildman–Crippen LogP) is 4.27. The lowest BCUT2D eigenvalue weighted by Crippen LogP contribution is -2.00. The molecule has 0 radical (unpaired) electrons. The Kier molecular flexibility index (Phi) is 5.09. The normalized spacial score (nSPS) is 10.2. The lowest BCUT2D eigenvalue weighted by atomic mass is 10.1. The van der Waals surface area contributed by atoms with E-state index in [0.717, 1.165) is 16.7 Å². The third kappa shape index (κ3) is 3.33. The molecule has 0 bridgehead atoms. The fourth-order valence-electron chi connectivity index (χ4n) is 2.69. The number of nitrogens with one attached hydrogen (secondary N) is 1.